The van der Waals surface area contributed by atoms with E-state index in [0.29, 0.717) is 11.3 Å². The van der Waals surface area contributed by atoms with E-state index in [2.05, 4.69) is 5.32 Å². The van der Waals surface area contributed by atoms with E-state index in [0.717, 1.165) is 5.01 Å². The van der Waals surface area contributed by atoms with Crippen molar-refractivity contribution in [2.24, 2.45) is 5.84 Å². The first kappa shape index (κ1) is 13.0. The molecular weight excluding hydrogens is 222 g/mol. The number of hydrazine groups is 1. The first-order chi connectivity index (χ1) is 8.06. The Balaban J connectivity index is 2.92. The van der Waals surface area contributed by atoms with Gasteiger partial charge in [-0.15, -0.1) is 0 Å². The monoisotopic (exact) mass is 237 g/mol. The topological polar surface area (TPSA) is 84.7 Å². The molecule has 0 aliphatic rings. The second-order valence-corrected chi connectivity index (χ2v) is 3.31. The van der Waals surface area contributed by atoms with Crippen LogP contribution in [0.15, 0.2) is 24.3 Å². The first-order valence-corrected chi connectivity index (χ1v) is 5.11. The van der Waals surface area contributed by atoms with Crippen LogP contribution in [-0.4, -0.2) is 30.7 Å². The molecule has 0 radical (unpaired) electrons. The largest absolute Gasteiger partial charge is 0.462 e. The van der Waals surface area contributed by atoms with Gasteiger partial charge in [0.1, 0.15) is 0 Å². The average Bonchev–Trinajstić information content (AvgIpc) is 2.29. The number of urea groups is 1. The lowest BCUT2D eigenvalue weighted by Gasteiger charge is -2.13. The number of hydrogen-bond acceptors (Lipinski definition) is 4. The predicted molar refractivity (Wildman–Crippen MR) is 63.4 cm³/mol. The van der Waals surface area contributed by atoms with Gasteiger partial charge in [0.25, 0.3) is 0 Å². The minimum absolute atomic E-state index is 0.276. The zero-order valence-electron chi connectivity index (χ0n) is 9.77. The number of nitrogens with two attached hydrogens (primary N) is 1. The third-order valence-electron chi connectivity index (χ3n) is 1.98. The highest BCUT2D eigenvalue weighted by atomic mass is 16.5. The van der Waals surface area contributed by atoms with Gasteiger partial charge in [0.05, 0.1) is 17.9 Å². The van der Waals surface area contributed by atoms with E-state index in [-0.39, 0.29) is 6.61 Å². The van der Waals surface area contributed by atoms with Gasteiger partial charge in [-0.3, -0.25) is 5.01 Å². The molecule has 0 aromatic heterocycles. The summed E-state index contributed by atoms with van der Waals surface area (Å²) in [6, 6.07) is 6.06. The lowest BCUT2D eigenvalue weighted by Crippen LogP contribution is -2.37. The van der Waals surface area contributed by atoms with Crippen LogP contribution in [0.1, 0.15) is 17.3 Å². The fraction of sp³-hybridized carbons (Fsp3) is 0.273. The van der Waals surface area contributed by atoms with Gasteiger partial charge in [-0.05, 0) is 19.1 Å². The molecule has 0 saturated heterocycles. The van der Waals surface area contributed by atoms with Crippen molar-refractivity contribution < 1.29 is 14.3 Å². The molecule has 3 N–H and O–H groups in total. The second kappa shape index (κ2) is 5.86. The third-order valence-corrected chi connectivity index (χ3v) is 1.98. The summed E-state index contributed by atoms with van der Waals surface area (Å²) in [5, 5.41) is 3.40. The minimum atomic E-state index is -0.512. The van der Waals surface area contributed by atoms with Crippen LogP contribution in [0, 0.1) is 0 Å². The van der Waals surface area contributed by atoms with E-state index in [1.807, 2.05) is 0 Å². The molecular formula is C11H15N3O3. The van der Waals surface area contributed by atoms with Gasteiger partial charge < -0.3 is 10.1 Å². The van der Waals surface area contributed by atoms with Gasteiger partial charge in [0.2, 0.25) is 0 Å². The smallest absolute Gasteiger partial charge is 0.340 e. The Bertz CT molecular complexity index is 418. The Labute approximate surface area is 99.3 Å². The molecule has 0 fully saturated rings. The van der Waals surface area contributed by atoms with Crippen LogP contribution in [0.3, 0.4) is 0 Å². The van der Waals surface area contributed by atoms with Crippen LogP contribution in [0.4, 0.5) is 10.5 Å². The van der Waals surface area contributed by atoms with E-state index >= 15 is 0 Å². The normalized spacial score (nSPS) is 9.59. The number of hydrogen-bond donors (Lipinski definition) is 2. The van der Waals surface area contributed by atoms with Crippen LogP contribution in [0.25, 0.3) is 0 Å². The SMILES string of the molecule is CCOC(=O)c1ccccc1NC(=O)N(C)N. The van der Waals surface area contributed by atoms with E-state index in [4.69, 9.17) is 10.6 Å². The number of rotatable bonds is 3. The Morgan fingerprint density at radius 1 is 1.41 bits per heavy atom. The van der Waals surface area contributed by atoms with E-state index in [1.165, 1.54) is 7.05 Å². The van der Waals surface area contributed by atoms with Gasteiger partial charge in [-0.2, -0.15) is 0 Å². The molecule has 0 spiro atoms. The highest BCUT2D eigenvalue weighted by Gasteiger charge is 2.14. The van der Waals surface area contributed by atoms with Gasteiger partial charge >= 0.3 is 12.0 Å². The molecule has 0 atom stereocenters. The van der Waals surface area contributed by atoms with E-state index in [1.54, 1.807) is 31.2 Å². The van der Waals surface area contributed by atoms with Gasteiger partial charge in [0.15, 0.2) is 0 Å². The number of nitrogens with zero attached hydrogens (tertiary/aromatic N) is 1. The average molecular weight is 237 g/mol. The molecule has 0 saturated carbocycles. The molecule has 1 rings (SSSR count). The summed E-state index contributed by atoms with van der Waals surface area (Å²) in [6.07, 6.45) is 0. The molecule has 2 amide bonds. The molecule has 6 nitrogen and oxygen atoms in total. The Morgan fingerprint density at radius 3 is 2.65 bits per heavy atom. The molecule has 6 heteroatoms. The van der Waals surface area contributed by atoms with E-state index < -0.39 is 12.0 Å². The molecule has 1 aromatic rings. The predicted octanol–water partition coefficient (Wildman–Crippen LogP) is 1.20. The minimum Gasteiger partial charge on any atom is -0.462 e. The summed E-state index contributed by atoms with van der Waals surface area (Å²) >= 11 is 0. The van der Waals surface area contributed by atoms with Crippen molar-refractivity contribution in [1.29, 1.82) is 0 Å². The van der Waals surface area contributed by atoms with Crippen molar-refractivity contribution in [1.82, 2.24) is 5.01 Å². The maximum absolute atomic E-state index is 11.6. The summed E-state index contributed by atoms with van der Waals surface area (Å²) in [5.41, 5.74) is 0.665. The van der Waals surface area contributed by atoms with Crippen molar-refractivity contribution in [3.8, 4) is 0 Å². The van der Waals surface area contributed by atoms with Gasteiger partial charge in [0, 0.05) is 7.05 Å². The van der Waals surface area contributed by atoms with Crippen molar-refractivity contribution in [2.75, 3.05) is 19.0 Å². The Kier molecular flexibility index (Phi) is 4.47. The molecule has 0 aliphatic heterocycles. The lowest BCUT2D eigenvalue weighted by atomic mass is 10.2. The number of esters is 1. The number of benzene rings is 1. The van der Waals surface area contributed by atoms with Gasteiger partial charge in [-0.25, -0.2) is 15.4 Å². The molecule has 0 aliphatic carbocycles. The fourth-order valence-electron chi connectivity index (χ4n) is 1.18. The third kappa shape index (κ3) is 3.46. The quantitative estimate of drug-likeness (QED) is 0.358. The Hall–Kier alpha value is -2.08. The van der Waals surface area contributed by atoms with Crippen molar-refractivity contribution >= 4 is 17.7 Å². The number of ether oxygens (including phenoxy) is 1. The number of amides is 2. The summed E-state index contributed by atoms with van der Waals surface area (Å²) < 4.78 is 4.88. The maximum Gasteiger partial charge on any atom is 0.340 e. The first-order valence-electron chi connectivity index (χ1n) is 5.11. The van der Waals surface area contributed by atoms with Gasteiger partial charge in [-0.1, -0.05) is 12.1 Å². The number of nitrogens with one attached hydrogen (secondary N) is 1. The molecule has 17 heavy (non-hydrogen) atoms. The standard InChI is InChI=1S/C11H15N3O3/c1-3-17-10(15)8-6-4-5-7-9(8)13-11(16)14(2)12/h4-7H,3,12H2,1-2H3,(H,13,16). The number of anilines is 1. The maximum atomic E-state index is 11.6. The zero-order valence-corrected chi connectivity index (χ0v) is 9.77. The van der Waals surface area contributed by atoms with Crippen molar-refractivity contribution in [3.63, 3.8) is 0 Å². The zero-order chi connectivity index (χ0) is 12.8. The van der Waals surface area contributed by atoms with Crippen LogP contribution in [0.5, 0.6) is 0 Å². The Morgan fingerprint density at radius 2 is 2.06 bits per heavy atom. The molecule has 0 bridgehead atoms. The number of carbonyl (C=O) groups is 2. The van der Waals surface area contributed by atoms with E-state index in [9.17, 15) is 9.59 Å². The summed E-state index contributed by atoms with van der Waals surface area (Å²) in [4.78, 5) is 23.0. The molecule has 92 valence electrons. The van der Waals surface area contributed by atoms with Crippen LogP contribution >= 0.6 is 0 Å². The summed E-state index contributed by atoms with van der Waals surface area (Å²) in [5.74, 6) is 4.79. The van der Waals surface area contributed by atoms with Crippen LogP contribution in [-0.2, 0) is 4.74 Å². The molecule has 0 heterocycles. The second-order valence-electron chi connectivity index (χ2n) is 3.31. The highest BCUT2D eigenvalue weighted by Crippen LogP contribution is 2.16. The van der Waals surface area contributed by atoms with Crippen LogP contribution in [0.2, 0.25) is 0 Å². The highest BCUT2D eigenvalue weighted by molar-refractivity contribution is 6.00. The van der Waals surface area contributed by atoms with Crippen molar-refractivity contribution in [3.05, 3.63) is 29.8 Å². The molecule has 0 unspecified atom stereocenters. The fourth-order valence-corrected chi connectivity index (χ4v) is 1.18. The lowest BCUT2D eigenvalue weighted by molar-refractivity contribution is 0.0527. The summed E-state index contributed by atoms with van der Waals surface area (Å²) in [6.45, 7) is 1.99. The van der Waals surface area contributed by atoms with Crippen LogP contribution < -0.4 is 11.2 Å². The number of para-hydroxylation sites is 1. The number of carbonyl (C=O) groups excluding carboxylic acids is 2. The van der Waals surface area contributed by atoms with Crippen molar-refractivity contribution in [2.45, 2.75) is 6.92 Å². The molecule has 1 aromatic carbocycles. The summed E-state index contributed by atoms with van der Waals surface area (Å²) in [7, 11) is 1.41.